The Morgan fingerprint density at radius 1 is 0.800 bits per heavy atom. The molecule has 2 aromatic rings. The van der Waals surface area contributed by atoms with E-state index >= 15 is 0 Å². The molecule has 30 heavy (non-hydrogen) atoms. The SMILES string of the molecule is O=C(O)CC(NC(=O)C(Cc1ccccc1)NC(=O)OCc1ccccc1)C(=O)O. The van der Waals surface area contributed by atoms with Crippen molar-refractivity contribution in [3.8, 4) is 0 Å². The highest BCUT2D eigenvalue weighted by molar-refractivity contribution is 5.91. The fourth-order valence-corrected chi connectivity index (χ4v) is 2.61. The van der Waals surface area contributed by atoms with Crippen LogP contribution in [0.3, 0.4) is 0 Å². The van der Waals surface area contributed by atoms with Crippen molar-refractivity contribution in [1.82, 2.24) is 10.6 Å². The van der Waals surface area contributed by atoms with E-state index in [1.54, 1.807) is 54.6 Å². The summed E-state index contributed by atoms with van der Waals surface area (Å²) in [6.45, 7) is -0.0108. The first-order chi connectivity index (χ1) is 14.3. The molecular weight excluding hydrogens is 392 g/mol. The van der Waals surface area contributed by atoms with Crippen molar-refractivity contribution in [3.63, 3.8) is 0 Å². The van der Waals surface area contributed by atoms with Gasteiger partial charge >= 0.3 is 18.0 Å². The van der Waals surface area contributed by atoms with Crippen LogP contribution in [-0.4, -0.2) is 46.2 Å². The Balaban J connectivity index is 2.06. The molecular formula is C21H22N2O7. The number of rotatable bonds is 10. The zero-order chi connectivity index (χ0) is 21.9. The van der Waals surface area contributed by atoms with Crippen LogP contribution in [0.4, 0.5) is 4.79 Å². The largest absolute Gasteiger partial charge is 0.481 e. The number of hydrogen-bond acceptors (Lipinski definition) is 5. The number of nitrogens with one attached hydrogen (secondary N) is 2. The standard InChI is InChI=1S/C21H22N2O7/c24-18(25)12-17(20(27)28)22-19(26)16(11-14-7-3-1-4-8-14)23-21(29)30-13-15-9-5-2-6-10-15/h1-10,16-17H,11-13H2,(H,22,26)(H,23,29)(H,24,25)(H,27,28). The molecule has 9 heteroatoms. The Labute approximate surface area is 172 Å². The maximum Gasteiger partial charge on any atom is 0.408 e. The second-order valence-corrected chi connectivity index (χ2v) is 6.45. The zero-order valence-electron chi connectivity index (χ0n) is 16.0. The monoisotopic (exact) mass is 414 g/mol. The number of hydrogen-bond donors (Lipinski definition) is 4. The normalized spacial score (nSPS) is 12.3. The molecule has 2 rings (SSSR count). The van der Waals surface area contributed by atoms with Crippen LogP contribution >= 0.6 is 0 Å². The van der Waals surface area contributed by atoms with Crippen LogP contribution in [0.25, 0.3) is 0 Å². The Morgan fingerprint density at radius 2 is 1.37 bits per heavy atom. The van der Waals surface area contributed by atoms with E-state index in [1.165, 1.54) is 0 Å². The van der Waals surface area contributed by atoms with Gasteiger partial charge in [0.15, 0.2) is 0 Å². The van der Waals surface area contributed by atoms with E-state index in [0.717, 1.165) is 5.56 Å². The Bertz CT molecular complexity index is 871. The van der Waals surface area contributed by atoms with E-state index in [9.17, 15) is 19.2 Å². The molecule has 2 amide bonds. The van der Waals surface area contributed by atoms with Crippen LogP contribution in [0.5, 0.6) is 0 Å². The summed E-state index contributed by atoms with van der Waals surface area (Å²) in [4.78, 5) is 46.9. The van der Waals surface area contributed by atoms with Gasteiger partial charge in [-0.25, -0.2) is 9.59 Å². The number of amides is 2. The third-order valence-electron chi connectivity index (χ3n) is 4.10. The van der Waals surface area contributed by atoms with Crippen molar-refractivity contribution in [2.45, 2.75) is 31.5 Å². The van der Waals surface area contributed by atoms with Crippen LogP contribution in [0.15, 0.2) is 60.7 Å². The summed E-state index contributed by atoms with van der Waals surface area (Å²) in [5, 5.41) is 22.6. The number of alkyl carbamates (subject to hydrolysis) is 1. The van der Waals surface area contributed by atoms with Crippen molar-refractivity contribution < 1.29 is 34.1 Å². The molecule has 0 radical (unpaired) electrons. The van der Waals surface area contributed by atoms with Crippen molar-refractivity contribution in [1.29, 1.82) is 0 Å². The first-order valence-corrected chi connectivity index (χ1v) is 9.11. The molecule has 0 aromatic heterocycles. The molecule has 0 bridgehead atoms. The van der Waals surface area contributed by atoms with Crippen LogP contribution in [0, 0.1) is 0 Å². The summed E-state index contributed by atoms with van der Waals surface area (Å²) in [7, 11) is 0. The van der Waals surface area contributed by atoms with Gasteiger partial charge in [-0.2, -0.15) is 0 Å². The van der Waals surface area contributed by atoms with Gasteiger partial charge in [0, 0.05) is 6.42 Å². The molecule has 0 spiro atoms. The van der Waals surface area contributed by atoms with Gasteiger partial charge in [0.2, 0.25) is 5.91 Å². The van der Waals surface area contributed by atoms with Crippen molar-refractivity contribution in [2.24, 2.45) is 0 Å². The smallest absolute Gasteiger partial charge is 0.408 e. The van der Waals surface area contributed by atoms with Crippen molar-refractivity contribution in [2.75, 3.05) is 0 Å². The maximum absolute atomic E-state index is 12.6. The number of carboxylic acids is 2. The molecule has 0 fully saturated rings. The summed E-state index contributed by atoms with van der Waals surface area (Å²) >= 11 is 0. The van der Waals surface area contributed by atoms with E-state index < -0.39 is 42.4 Å². The topological polar surface area (TPSA) is 142 Å². The molecule has 0 aliphatic rings. The fraction of sp³-hybridized carbons (Fsp3) is 0.238. The summed E-state index contributed by atoms with van der Waals surface area (Å²) in [6, 6.07) is 14.9. The lowest BCUT2D eigenvalue weighted by atomic mass is 10.0. The lowest BCUT2D eigenvalue weighted by molar-refractivity contribution is -0.147. The molecule has 158 valence electrons. The molecule has 0 aliphatic carbocycles. The van der Waals surface area contributed by atoms with Gasteiger partial charge in [0.1, 0.15) is 18.7 Å². The number of benzene rings is 2. The average Bonchev–Trinajstić information content (AvgIpc) is 2.72. The number of carboxylic acid groups (broad SMARTS) is 2. The summed E-state index contributed by atoms with van der Waals surface area (Å²) in [5.41, 5.74) is 1.47. The van der Waals surface area contributed by atoms with E-state index in [4.69, 9.17) is 14.9 Å². The first kappa shape index (κ1) is 22.4. The van der Waals surface area contributed by atoms with Gasteiger partial charge < -0.3 is 25.6 Å². The predicted octanol–water partition coefficient (Wildman–Crippen LogP) is 1.57. The summed E-state index contributed by atoms with van der Waals surface area (Å²) in [5.74, 6) is -3.70. The average molecular weight is 414 g/mol. The molecule has 2 unspecified atom stereocenters. The van der Waals surface area contributed by atoms with Gasteiger partial charge in [-0.05, 0) is 11.1 Å². The fourth-order valence-electron chi connectivity index (χ4n) is 2.61. The van der Waals surface area contributed by atoms with E-state index in [-0.39, 0.29) is 13.0 Å². The van der Waals surface area contributed by atoms with Crippen LogP contribution in [-0.2, 0) is 32.1 Å². The number of aliphatic carboxylic acids is 2. The lowest BCUT2D eigenvalue weighted by Crippen LogP contribution is -2.53. The molecule has 0 saturated carbocycles. The van der Waals surface area contributed by atoms with Crippen LogP contribution in [0.2, 0.25) is 0 Å². The highest BCUT2D eigenvalue weighted by Gasteiger charge is 2.28. The van der Waals surface area contributed by atoms with Crippen molar-refractivity contribution in [3.05, 3.63) is 71.8 Å². The summed E-state index contributed by atoms with van der Waals surface area (Å²) in [6.07, 6.45) is -1.59. The molecule has 9 nitrogen and oxygen atoms in total. The van der Waals surface area contributed by atoms with Crippen molar-refractivity contribution >= 4 is 23.9 Å². The first-order valence-electron chi connectivity index (χ1n) is 9.11. The molecule has 2 aromatic carbocycles. The second kappa shape index (κ2) is 11.2. The highest BCUT2D eigenvalue weighted by atomic mass is 16.5. The zero-order valence-corrected chi connectivity index (χ0v) is 16.0. The van der Waals surface area contributed by atoms with Crippen LogP contribution in [0.1, 0.15) is 17.5 Å². The van der Waals surface area contributed by atoms with Gasteiger partial charge in [0.25, 0.3) is 0 Å². The molecule has 0 saturated heterocycles. The lowest BCUT2D eigenvalue weighted by Gasteiger charge is -2.21. The minimum absolute atomic E-state index is 0.0108. The third-order valence-corrected chi connectivity index (χ3v) is 4.10. The molecule has 0 heterocycles. The minimum Gasteiger partial charge on any atom is -0.481 e. The Morgan fingerprint density at radius 3 is 1.90 bits per heavy atom. The van der Waals surface area contributed by atoms with Gasteiger partial charge in [-0.15, -0.1) is 0 Å². The second-order valence-electron chi connectivity index (χ2n) is 6.45. The van der Waals surface area contributed by atoms with Crippen LogP contribution < -0.4 is 10.6 Å². The maximum atomic E-state index is 12.6. The Hall–Kier alpha value is -3.88. The molecule has 4 N–H and O–H groups in total. The third kappa shape index (κ3) is 7.63. The quantitative estimate of drug-likeness (QED) is 0.462. The summed E-state index contributed by atoms with van der Waals surface area (Å²) < 4.78 is 5.12. The van der Waals surface area contributed by atoms with E-state index in [2.05, 4.69) is 10.6 Å². The van der Waals surface area contributed by atoms with Gasteiger partial charge in [-0.3, -0.25) is 9.59 Å². The number of carbonyl (C=O) groups excluding carboxylic acids is 2. The number of carbonyl (C=O) groups is 4. The molecule has 2 atom stereocenters. The predicted molar refractivity (Wildman–Crippen MR) is 106 cm³/mol. The van der Waals surface area contributed by atoms with Gasteiger partial charge in [-0.1, -0.05) is 60.7 Å². The molecule has 0 aliphatic heterocycles. The number of ether oxygens (including phenoxy) is 1. The van der Waals surface area contributed by atoms with Gasteiger partial charge in [0.05, 0.1) is 6.42 Å². The Kier molecular flexibility index (Phi) is 8.37. The minimum atomic E-state index is -1.63. The van der Waals surface area contributed by atoms with E-state index in [0.29, 0.717) is 5.56 Å². The van der Waals surface area contributed by atoms with E-state index in [1.807, 2.05) is 6.07 Å². The highest BCUT2D eigenvalue weighted by Crippen LogP contribution is 2.06.